The summed E-state index contributed by atoms with van der Waals surface area (Å²) in [5, 5.41) is 19.6. The third kappa shape index (κ3) is 10.7. The molecule has 5 aliphatic rings. The zero-order valence-electron chi connectivity index (χ0n) is 36.5. The summed E-state index contributed by atoms with van der Waals surface area (Å²) in [4.78, 5) is 88.8. The van der Waals surface area contributed by atoms with Gasteiger partial charge in [-0.05, 0) is 118 Å². The van der Waals surface area contributed by atoms with Gasteiger partial charge in [0.25, 0.3) is 0 Å². The van der Waals surface area contributed by atoms with Gasteiger partial charge < -0.3 is 19.7 Å². The molecule has 0 amide bonds. The minimum atomic E-state index is -0.860. The van der Waals surface area contributed by atoms with Crippen LogP contribution in [0.3, 0.4) is 0 Å². The molecule has 332 valence electrons. The molecule has 0 radical (unpaired) electrons. The van der Waals surface area contributed by atoms with Crippen LogP contribution in [-0.2, 0) is 48.0 Å². The second-order valence-electron chi connectivity index (χ2n) is 19.7. The lowest BCUT2D eigenvalue weighted by atomic mass is 9.41. The summed E-state index contributed by atoms with van der Waals surface area (Å²) >= 11 is 0. The van der Waals surface area contributed by atoms with Crippen LogP contribution in [0.4, 0.5) is 0 Å². The van der Waals surface area contributed by atoms with Crippen LogP contribution in [0.5, 0.6) is 0 Å². The molecule has 2 heterocycles. The van der Waals surface area contributed by atoms with Crippen LogP contribution in [0.1, 0.15) is 164 Å². The number of allylic oxidation sites excluding steroid dienone is 2. The molecule has 0 aromatic heterocycles. The Morgan fingerprint density at radius 3 is 2.24 bits per heavy atom. The number of ether oxygens (including phenoxy) is 2. The maximum absolute atomic E-state index is 13.5. The number of esters is 4. The van der Waals surface area contributed by atoms with E-state index < -0.39 is 65.1 Å². The van der Waals surface area contributed by atoms with E-state index in [4.69, 9.17) is 24.4 Å². The molecule has 2 N–H and O–H groups in total. The molecule has 0 bridgehead atoms. The first-order chi connectivity index (χ1) is 28.0. The number of carbonyl (C=O) groups excluding carboxylic acids is 4. The van der Waals surface area contributed by atoms with Gasteiger partial charge in [0.1, 0.15) is 0 Å². The number of cyclic esters (lactones) is 4. The summed E-state index contributed by atoms with van der Waals surface area (Å²) < 4.78 is 10.2. The Morgan fingerprint density at radius 2 is 1.61 bits per heavy atom. The largest absolute Gasteiger partial charge is 0.481 e. The van der Waals surface area contributed by atoms with E-state index in [2.05, 4.69) is 39.8 Å². The molecule has 12 nitrogen and oxygen atoms in total. The lowest BCUT2D eigenvalue weighted by molar-refractivity contribution is -0.388. The fourth-order valence-corrected chi connectivity index (χ4v) is 12.5. The van der Waals surface area contributed by atoms with Crippen LogP contribution in [0, 0.1) is 70.0 Å². The van der Waals surface area contributed by atoms with Crippen LogP contribution < -0.4 is 0 Å². The number of carboxylic acid groups (broad SMARTS) is 2. The summed E-state index contributed by atoms with van der Waals surface area (Å²) in [6.07, 6.45) is 16.9. The van der Waals surface area contributed by atoms with Crippen molar-refractivity contribution in [2.45, 2.75) is 176 Å². The third-order valence-electron chi connectivity index (χ3n) is 15.6. The predicted molar refractivity (Wildman–Crippen MR) is 218 cm³/mol. The summed E-state index contributed by atoms with van der Waals surface area (Å²) in [5.74, 6) is -5.80. The Hall–Kier alpha value is -3.12. The first-order valence-corrected chi connectivity index (χ1v) is 23.0. The highest BCUT2D eigenvalue weighted by Gasteiger charge is 2.64. The third-order valence-corrected chi connectivity index (χ3v) is 15.6. The first kappa shape index (κ1) is 46.9. The molecule has 2 aliphatic heterocycles. The molecule has 59 heavy (non-hydrogen) atoms. The first-order valence-electron chi connectivity index (χ1n) is 23.0. The smallest absolute Gasteiger partial charge is 0.317 e. The monoisotopic (exact) mass is 829 g/mol. The van der Waals surface area contributed by atoms with Crippen molar-refractivity contribution >= 4 is 35.8 Å². The van der Waals surface area contributed by atoms with Crippen molar-refractivity contribution in [3.05, 3.63) is 12.2 Å². The van der Waals surface area contributed by atoms with Gasteiger partial charge in [0, 0.05) is 6.42 Å². The van der Waals surface area contributed by atoms with Gasteiger partial charge >= 0.3 is 35.8 Å². The fraction of sp³-hybridized carbons (Fsp3) is 0.830. The Labute approximate surface area is 351 Å². The molecule has 3 aliphatic carbocycles. The summed E-state index contributed by atoms with van der Waals surface area (Å²) in [7, 11) is 0. The van der Waals surface area contributed by atoms with Gasteiger partial charge in [-0.2, -0.15) is 0 Å². The number of unbranched alkanes of at least 4 members (excludes halogenated alkanes) is 6. The van der Waals surface area contributed by atoms with Crippen molar-refractivity contribution in [1.82, 2.24) is 0 Å². The maximum atomic E-state index is 13.5. The SMILES string of the molecule is CCCC/C=C/C(CCC(CCCCCCCC(=O)O)OOC1C2CCC3C(C)(C(=O)O)CCCC3(C)C2CC(C2C(=O)OC(=O)C2C)C1C(C)C)C1CC(=O)OC1=O. The lowest BCUT2D eigenvalue weighted by Gasteiger charge is -2.63. The van der Waals surface area contributed by atoms with Gasteiger partial charge in [-0.15, -0.1) is 0 Å². The van der Waals surface area contributed by atoms with Crippen LogP contribution in [0.25, 0.3) is 0 Å². The minimum absolute atomic E-state index is 0.0392. The molecular formula is C47H72O12. The zero-order chi connectivity index (χ0) is 43.1. The molecule has 0 spiro atoms. The van der Waals surface area contributed by atoms with Crippen LogP contribution in [0.2, 0.25) is 0 Å². The predicted octanol–water partition coefficient (Wildman–Crippen LogP) is 9.27. The van der Waals surface area contributed by atoms with E-state index in [-0.39, 0.29) is 65.8 Å². The van der Waals surface area contributed by atoms with Gasteiger partial charge in [0.05, 0.1) is 41.8 Å². The highest BCUT2D eigenvalue weighted by Crippen LogP contribution is 2.66. The maximum Gasteiger partial charge on any atom is 0.317 e. The van der Waals surface area contributed by atoms with Gasteiger partial charge in [-0.1, -0.05) is 91.7 Å². The number of fused-ring (bicyclic) bond motifs is 3. The highest BCUT2D eigenvalue weighted by molar-refractivity contribution is 5.96. The molecule has 3 saturated carbocycles. The Bertz CT molecular complexity index is 1540. The average Bonchev–Trinajstić information content (AvgIpc) is 3.64. The van der Waals surface area contributed by atoms with E-state index in [1.807, 2.05) is 6.92 Å². The van der Waals surface area contributed by atoms with Gasteiger partial charge in [0.2, 0.25) is 0 Å². The van der Waals surface area contributed by atoms with Crippen molar-refractivity contribution in [3.8, 4) is 0 Å². The standard InChI is InChI=1S/C47H72O12/c1-7-8-9-13-17-30(33-27-38(50)56-43(33)52)20-21-31(18-14-11-10-12-15-19-37(48)49)58-59-41-32-22-23-36-46(5,24-16-25-47(36,6)45(54)55)35(32)26-34(39(41)28(2)3)40-29(4)42(51)57-44(40)53/h13,17,28-36,39-41H,7-12,14-16,18-27H2,1-6H3,(H,48,49)(H,54,55)/b17-13+. The van der Waals surface area contributed by atoms with Crippen molar-refractivity contribution < 1.29 is 58.2 Å². The van der Waals surface area contributed by atoms with E-state index in [0.29, 0.717) is 38.5 Å². The summed E-state index contributed by atoms with van der Waals surface area (Å²) in [6, 6.07) is 0. The second kappa shape index (κ2) is 20.6. The highest BCUT2D eigenvalue weighted by atomic mass is 17.2. The number of hydrogen-bond acceptors (Lipinski definition) is 10. The van der Waals surface area contributed by atoms with Gasteiger partial charge in [0.15, 0.2) is 0 Å². The van der Waals surface area contributed by atoms with Crippen molar-refractivity contribution in [2.24, 2.45) is 70.0 Å². The number of aliphatic carboxylic acids is 2. The van der Waals surface area contributed by atoms with E-state index in [1.165, 1.54) is 0 Å². The minimum Gasteiger partial charge on any atom is -0.481 e. The van der Waals surface area contributed by atoms with E-state index in [9.17, 15) is 33.9 Å². The topological polar surface area (TPSA) is 180 Å². The number of carboxylic acids is 2. The fourth-order valence-electron chi connectivity index (χ4n) is 12.5. The molecule has 0 aromatic carbocycles. The average molecular weight is 829 g/mol. The van der Waals surface area contributed by atoms with Crippen molar-refractivity contribution in [3.63, 3.8) is 0 Å². The molecule has 2 saturated heterocycles. The van der Waals surface area contributed by atoms with E-state index >= 15 is 0 Å². The van der Waals surface area contributed by atoms with Crippen LogP contribution in [-0.4, -0.2) is 58.2 Å². The molecule has 13 atom stereocenters. The Kier molecular flexibility index (Phi) is 16.4. The number of hydrogen-bond donors (Lipinski definition) is 2. The van der Waals surface area contributed by atoms with E-state index in [0.717, 1.165) is 70.6 Å². The summed E-state index contributed by atoms with van der Waals surface area (Å²) in [6.45, 7) is 12.3. The van der Waals surface area contributed by atoms with Gasteiger partial charge in [-0.25, -0.2) is 9.78 Å². The van der Waals surface area contributed by atoms with Crippen molar-refractivity contribution in [2.75, 3.05) is 0 Å². The number of carbonyl (C=O) groups is 6. The summed E-state index contributed by atoms with van der Waals surface area (Å²) in [5.41, 5.74) is -1.18. The quantitative estimate of drug-likeness (QED) is 0.0264. The normalized spacial score (nSPS) is 35.7. The second-order valence-corrected chi connectivity index (χ2v) is 19.7. The number of rotatable bonds is 22. The molecular weight excluding hydrogens is 757 g/mol. The van der Waals surface area contributed by atoms with Gasteiger partial charge in [-0.3, -0.25) is 28.8 Å². The van der Waals surface area contributed by atoms with E-state index in [1.54, 1.807) is 6.92 Å². The molecule has 0 aromatic rings. The van der Waals surface area contributed by atoms with Crippen molar-refractivity contribution in [1.29, 1.82) is 0 Å². The molecule has 5 fully saturated rings. The van der Waals surface area contributed by atoms with Crippen LogP contribution in [0.15, 0.2) is 12.2 Å². The van der Waals surface area contributed by atoms with Crippen LogP contribution >= 0.6 is 0 Å². The Balaban J connectivity index is 1.43. The lowest BCUT2D eigenvalue weighted by Crippen LogP contribution is -2.61. The molecule has 12 heteroatoms. The zero-order valence-corrected chi connectivity index (χ0v) is 36.5. The Morgan fingerprint density at radius 1 is 0.881 bits per heavy atom. The molecule has 13 unspecified atom stereocenters. The molecule has 5 rings (SSSR count).